The summed E-state index contributed by atoms with van der Waals surface area (Å²) in [6.45, 7) is 3.73. The molecule has 0 aromatic heterocycles. The van der Waals surface area contributed by atoms with Crippen molar-refractivity contribution in [1.29, 1.82) is 5.26 Å². The van der Waals surface area contributed by atoms with Crippen LogP contribution in [0.4, 0.5) is 0 Å². The van der Waals surface area contributed by atoms with Crippen molar-refractivity contribution in [1.82, 2.24) is 5.43 Å². The zero-order valence-electron chi connectivity index (χ0n) is 3.94. The topological polar surface area (TPSA) is 61.8 Å². The first kappa shape index (κ1) is 6.15. The Morgan fingerprint density at radius 3 is 2.71 bits per heavy atom. The van der Waals surface area contributed by atoms with Gasteiger partial charge in [0, 0.05) is 12.1 Å². The van der Waals surface area contributed by atoms with Gasteiger partial charge in [-0.2, -0.15) is 5.26 Å². The lowest BCUT2D eigenvalue weighted by Gasteiger charge is -1.88. The van der Waals surface area contributed by atoms with Crippen molar-refractivity contribution in [2.45, 2.75) is 0 Å². The molecule has 0 aromatic carbocycles. The normalized spacial score (nSPS) is 7.43. The molecule has 0 aliphatic heterocycles. The second kappa shape index (κ2) is 3.34. The highest BCUT2D eigenvalue weighted by molar-refractivity contribution is 5.16. The van der Waals surface area contributed by atoms with Gasteiger partial charge in [-0.3, -0.25) is 11.3 Å². The monoisotopic (exact) mass is 97.1 g/mol. The van der Waals surface area contributed by atoms with Crippen molar-refractivity contribution >= 4 is 0 Å². The first-order valence-corrected chi connectivity index (χ1v) is 1.82. The summed E-state index contributed by atoms with van der Waals surface area (Å²) < 4.78 is 0. The number of hydrazine groups is 1. The van der Waals surface area contributed by atoms with Gasteiger partial charge >= 0.3 is 0 Å². The number of hydrogen-bond acceptors (Lipinski definition) is 3. The summed E-state index contributed by atoms with van der Waals surface area (Å²) in [5, 5.41) is 8.02. The van der Waals surface area contributed by atoms with Crippen LogP contribution < -0.4 is 11.3 Å². The third-order valence-corrected chi connectivity index (χ3v) is 0.474. The molecule has 0 unspecified atom stereocenters. The van der Waals surface area contributed by atoms with E-state index in [0.717, 1.165) is 0 Å². The molecule has 3 N–H and O–H groups in total. The van der Waals surface area contributed by atoms with Gasteiger partial charge in [-0.1, -0.05) is 6.58 Å². The molecule has 0 aliphatic carbocycles. The zero-order chi connectivity index (χ0) is 5.70. The van der Waals surface area contributed by atoms with Crippen molar-refractivity contribution in [2.75, 3.05) is 6.54 Å². The van der Waals surface area contributed by atoms with E-state index in [1.807, 2.05) is 6.07 Å². The predicted octanol–water partition coefficient (Wildman–Crippen LogP) is -0.471. The number of nitrogens with zero attached hydrogens (tertiary/aromatic N) is 1. The summed E-state index contributed by atoms with van der Waals surface area (Å²) in [6.07, 6.45) is 0. The first-order valence-electron chi connectivity index (χ1n) is 1.82. The molecule has 0 aliphatic rings. The second-order valence-electron chi connectivity index (χ2n) is 1.10. The van der Waals surface area contributed by atoms with Crippen LogP contribution in [0.15, 0.2) is 12.2 Å². The average molecular weight is 97.1 g/mol. The van der Waals surface area contributed by atoms with Crippen LogP contribution in [0.2, 0.25) is 0 Å². The Hall–Kier alpha value is -0.850. The number of nitrogens with two attached hydrogens (primary N) is 1. The van der Waals surface area contributed by atoms with E-state index in [1.165, 1.54) is 0 Å². The molecule has 0 saturated carbocycles. The molecule has 0 atom stereocenters. The van der Waals surface area contributed by atoms with E-state index in [4.69, 9.17) is 11.1 Å². The molecule has 0 saturated heterocycles. The molecular weight excluding hydrogens is 90.1 g/mol. The smallest absolute Gasteiger partial charge is 0.0955 e. The lowest BCUT2D eigenvalue weighted by Crippen LogP contribution is -2.23. The fraction of sp³-hybridized carbons (Fsp3) is 0.250. The maximum atomic E-state index is 8.02. The van der Waals surface area contributed by atoms with Crippen LogP contribution in [0.25, 0.3) is 0 Å². The zero-order valence-corrected chi connectivity index (χ0v) is 3.94. The van der Waals surface area contributed by atoms with E-state index in [9.17, 15) is 0 Å². The van der Waals surface area contributed by atoms with Gasteiger partial charge in [0.2, 0.25) is 0 Å². The van der Waals surface area contributed by atoms with E-state index >= 15 is 0 Å². The van der Waals surface area contributed by atoms with Crippen molar-refractivity contribution < 1.29 is 0 Å². The molecule has 0 amide bonds. The molecule has 0 aromatic rings. The maximum absolute atomic E-state index is 8.02. The van der Waals surface area contributed by atoms with E-state index < -0.39 is 0 Å². The van der Waals surface area contributed by atoms with Crippen LogP contribution in [-0.4, -0.2) is 6.54 Å². The summed E-state index contributed by atoms with van der Waals surface area (Å²) in [5.74, 6) is 4.84. The minimum Gasteiger partial charge on any atom is -0.271 e. The molecule has 0 radical (unpaired) electrons. The van der Waals surface area contributed by atoms with Gasteiger partial charge in [0.15, 0.2) is 0 Å². The van der Waals surface area contributed by atoms with Gasteiger partial charge in [0.25, 0.3) is 0 Å². The summed E-state index contributed by atoms with van der Waals surface area (Å²) in [5.41, 5.74) is 2.74. The van der Waals surface area contributed by atoms with Gasteiger partial charge in [0.05, 0.1) is 6.07 Å². The van der Waals surface area contributed by atoms with Crippen LogP contribution in [0, 0.1) is 11.3 Å². The van der Waals surface area contributed by atoms with Crippen LogP contribution in [0.5, 0.6) is 0 Å². The highest BCUT2D eigenvalue weighted by atomic mass is 15.2. The number of nitriles is 1. The molecule has 0 bridgehead atoms. The number of rotatable bonds is 2. The maximum Gasteiger partial charge on any atom is 0.0955 e. The Morgan fingerprint density at radius 1 is 2.00 bits per heavy atom. The molecule has 7 heavy (non-hydrogen) atoms. The van der Waals surface area contributed by atoms with E-state index in [2.05, 4.69) is 12.0 Å². The molecular formula is C4H7N3. The van der Waals surface area contributed by atoms with Crippen LogP contribution in [-0.2, 0) is 0 Å². The van der Waals surface area contributed by atoms with Gasteiger partial charge in [-0.05, 0) is 0 Å². The summed E-state index contributed by atoms with van der Waals surface area (Å²) in [4.78, 5) is 0. The summed E-state index contributed by atoms with van der Waals surface area (Å²) in [7, 11) is 0. The first-order chi connectivity index (χ1) is 3.31. The SMILES string of the molecule is C=C(C#N)CNN. The highest BCUT2D eigenvalue weighted by Crippen LogP contribution is 1.77. The minimum absolute atomic E-state index is 0.372. The third-order valence-electron chi connectivity index (χ3n) is 0.474. The molecule has 0 rings (SSSR count). The minimum atomic E-state index is 0.372. The molecule has 3 nitrogen and oxygen atoms in total. The van der Waals surface area contributed by atoms with Crippen molar-refractivity contribution in [3.8, 4) is 6.07 Å². The summed E-state index contributed by atoms with van der Waals surface area (Å²) >= 11 is 0. The Balaban J connectivity index is 3.24. The van der Waals surface area contributed by atoms with Crippen LogP contribution in [0.3, 0.4) is 0 Å². The highest BCUT2D eigenvalue weighted by Gasteiger charge is 1.82. The van der Waals surface area contributed by atoms with E-state index in [0.29, 0.717) is 12.1 Å². The van der Waals surface area contributed by atoms with Crippen molar-refractivity contribution in [2.24, 2.45) is 5.84 Å². The molecule has 3 heteroatoms. The Kier molecular flexibility index (Phi) is 2.94. The number of hydrogen-bond donors (Lipinski definition) is 2. The largest absolute Gasteiger partial charge is 0.271 e. The Labute approximate surface area is 42.4 Å². The predicted molar refractivity (Wildman–Crippen MR) is 26.9 cm³/mol. The van der Waals surface area contributed by atoms with Crippen molar-refractivity contribution in [3.63, 3.8) is 0 Å². The van der Waals surface area contributed by atoms with Gasteiger partial charge < -0.3 is 0 Å². The fourth-order valence-corrected chi connectivity index (χ4v) is 0.163. The fourth-order valence-electron chi connectivity index (χ4n) is 0.163. The lowest BCUT2D eigenvalue weighted by atomic mass is 10.3. The summed E-state index contributed by atoms with van der Waals surface area (Å²) in [6, 6.07) is 1.83. The second-order valence-corrected chi connectivity index (χ2v) is 1.10. The van der Waals surface area contributed by atoms with Crippen LogP contribution >= 0.6 is 0 Å². The molecule has 0 heterocycles. The van der Waals surface area contributed by atoms with E-state index in [-0.39, 0.29) is 0 Å². The van der Waals surface area contributed by atoms with Crippen molar-refractivity contribution in [3.05, 3.63) is 12.2 Å². The Morgan fingerprint density at radius 2 is 2.57 bits per heavy atom. The Bertz CT molecular complexity index is 100.0. The number of nitrogens with one attached hydrogen (secondary N) is 1. The van der Waals surface area contributed by atoms with Gasteiger partial charge in [-0.15, -0.1) is 0 Å². The van der Waals surface area contributed by atoms with Gasteiger partial charge in [0.1, 0.15) is 0 Å². The molecule has 0 spiro atoms. The molecule has 0 fully saturated rings. The standard InChI is InChI=1S/C4H7N3/c1-4(2-5)3-7-6/h7H,1,3,6H2. The average Bonchev–Trinajstić information content (AvgIpc) is 1.68. The van der Waals surface area contributed by atoms with E-state index in [1.54, 1.807) is 0 Å². The third kappa shape index (κ3) is 2.97. The van der Waals surface area contributed by atoms with Crippen LogP contribution in [0.1, 0.15) is 0 Å². The van der Waals surface area contributed by atoms with Gasteiger partial charge in [-0.25, -0.2) is 0 Å². The quantitative estimate of drug-likeness (QED) is 0.278. The molecule has 38 valence electrons. The lowest BCUT2D eigenvalue weighted by molar-refractivity contribution is 0.809.